The van der Waals surface area contributed by atoms with Crippen LogP contribution in [0.2, 0.25) is 0 Å². The topological polar surface area (TPSA) is 55.6 Å². The molecule has 0 bridgehead atoms. The molecule has 0 spiro atoms. The maximum atomic E-state index is 12.6. The smallest absolute Gasteiger partial charge is 0.231 e. The highest BCUT2D eigenvalue weighted by Crippen LogP contribution is 2.23. The van der Waals surface area contributed by atoms with Gasteiger partial charge in [-0.1, -0.05) is 37.3 Å². The second kappa shape index (κ2) is 9.18. The van der Waals surface area contributed by atoms with Crippen LogP contribution in [0.1, 0.15) is 12.5 Å². The Hall–Kier alpha value is -2.04. The number of carbonyl (C=O) groups excluding carboxylic acids is 1. The van der Waals surface area contributed by atoms with Gasteiger partial charge in [0.2, 0.25) is 5.91 Å². The summed E-state index contributed by atoms with van der Waals surface area (Å²) in [5, 5.41) is 0. The minimum atomic E-state index is -0.217. The van der Waals surface area contributed by atoms with Gasteiger partial charge in [-0.2, -0.15) is 0 Å². The van der Waals surface area contributed by atoms with Crippen LogP contribution in [0.5, 0.6) is 5.75 Å². The lowest BCUT2D eigenvalue weighted by atomic mass is 10.1. The third-order valence-corrected chi connectivity index (χ3v) is 3.61. The summed E-state index contributed by atoms with van der Waals surface area (Å²) in [5.41, 5.74) is 7.58. The van der Waals surface area contributed by atoms with Crippen LogP contribution in [0.15, 0.2) is 54.6 Å². The third-order valence-electron chi connectivity index (χ3n) is 3.61. The molecule has 1 amide bonds. The lowest BCUT2D eigenvalue weighted by molar-refractivity contribution is -0.121. The van der Waals surface area contributed by atoms with Crippen molar-refractivity contribution in [3.8, 4) is 5.75 Å². The first kappa shape index (κ1) is 19.0. The number of hydrogen-bond donors (Lipinski definition) is 1. The van der Waals surface area contributed by atoms with Gasteiger partial charge >= 0.3 is 0 Å². The molecule has 0 aliphatic carbocycles. The largest absolute Gasteiger partial charge is 0.497 e. The Morgan fingerprint density at radius 1 is 1.13 bits per heavy atom. The van der Waals surface area contributed by atoms with Crippen molar-refractivity contribution >= 4 is 24.0 Å². The van der Waals surface area contributed by atoms with Gasteiger partial charge in [-0.25, -0.2) is 0 Å². The lowest BCUT2D eigenvalue weighted by Gasteiger charge is -2.26. The van der Waals surface area contributed by atoms with Gasteiger partial charge in [-0.05, 0) is 29.8 Å². The molecule has 0 radical (unpaired) electrons. The minimum absolute atomic E-state index is 0. The number of carbonyl (C=O) groups is 1. The fourth-order valence-electron chi connectivity index (χ4n) is 2.19. The number of halogens is 1. The van der Waals surface area contributed by atoms with Crippen molar-refractivity contribution in [3.05, 3.63) is 60.2 Å². The second-order valence-corrected chi connectivity index (χ2v) is 5.24. The van der Waals surface area contributed by atoms with Gasteiger partial charge in [0, 0.05) is 18.2 Å². The quantitative estimate of drug-likeness (QED) is 0.882. The van der Waals surface area contributed by atoms with Crippen molar-refractivity contribution in [1.29, 1.82) is 0 Å². The van der Waals surface area contributed by atoms with E-state index in [1.54, 1.807) is 12.0 Å². The molecule has 1 atom stereocenters. The Labute approximate surface area is 143 Å². The van der Waals surface area contributed by atoms with Crippen LogP contribution < -0.4 is 15.4 Å². The molecule has 0 fully saturated rings. The summed E-state index contributed by atoms with van der Waals surface area (Å²) in [6, 6.07) is 17.4. The molecule has 2 aromatic carbocycles. The Morgan fingerprint density at radius 2 is 1.74 bits per heavy atom. The van der Waals surface area contributed by atoms with Gasteiger partial charge in [-0.15, -0.1) is 12.4 Å². The molecule has 4 nitrogen and oxygen atoms in total. The van der Waals surface area contributed by atoms with Gasteiger partial charge in [0.25, 0.3) is 0 Å². The van der Waals surface area contributed by atoms with E-state index in [0.717, 1.165) is 17.0 Å². The van der Waals surface area contributed by atoms with Gasteiger partial charge in [0.05, 0.1) is 13.7 Å². The predicted molar refractivity (Wildman–Crippen MR) is 96.1 cm³/mol. The summed E-state index contributed by atoms with van der Waals surface area (Å²) in [6.07, 6.45) is 0. The zero-order valence-electron chi connectivity index (χ0n) is 13.4. The molecule has 0 saturated carbocycles. The Kier molecular flexibility index (Phi) is 7.59. The van der Waals surface area contributed by atoms with Crippen molar-refractivity contribution in [2.45, 2.75) is 13.5 Å². The number of anilines is 1. The fourth-order valence-corrected chi connectivity index (χ4v) is 2.19. The van der Waals surface area contributed by atoms with Crippen molar-refractivity contribution < 1.29 is 9.53 Å². The molecule has 0 aliphatic heterocycles. The number of methoxy groups -OCH3 is 1. The first-order valence-corrected chi connectivity index (χ1v) is 7.35. The average molecular weight is 335 g/mol. The van der Waals surface area contributed by atoms with Crippen molar-refractivity contribution in [1.82, 2.24) is 0 Å². The van der Waals surface area contributed by atoms with Gasteiger partial charge in [0.15, 0.2) is 0 Å². The van der Waals surface area contributed by atoms with Crippen LogP contribution >= 0.6 is 12.4 Å². The molecular formula is C18H23ClN2O2. The highest BCUT2D eigenvalue weighted by molar-refractivity contribution is 5.95. The van der Waals surface area contributed by atoms with Crippen LogP contribution in [-0.2, 0) is 11.3 Å². The molecule has 0 heterocycles. The zero-order chi connectivity index (χ0) is 15.9. The molecule has 2 N–H and O–H groups in total. The number of hydrogen-bond acceptors (Lipinski definition) is 3. The lowest BCUT2D eigenvalue weighted by Crippen LogP contribution is -2.37. The van der Waals surface area contributed by atoms with E-state index in [0.29, 0.717) is 13.1 Å². The highest BCUT2D eigenvalue weighted by atomic mass is 35.5. The number of rotatable bonds is 6. The van der Waals surface area contributed by atoms with Crippen molar-refractivity contribution in [3.63, 3.8) is 0 Å². The van der Waals surface area contributed by atoms with E-state index in [-0.39, 0.29) is 24.2 Å². The second-order valence-electron chi connectivity index (χ2n) is 5.24. The van der Waals surface area contributed by atoms with E-state index >= 15 is 0 Å². The standard InChI is InChI=1S/C18H22N2O2.ClH/c1-14(12-19)18(21)20(13-15-6-4-3-5-7-15)16-8-10-17(22-2)11-9-16;/h3-11,14H,12-13,19H2,1-2H3;1H. The molecule has 0 saturated heterocycles. The number of benzene rings is 2. The Balaban J connectivity index is 0.00000264. The van der Waals surface area contributed by atoms with Crippen LogP contribution in [0.4, 0.5) is 5.69 Å². The Morgan fingerprint density at radius 3 is 2.26 bits per heavy atom. The number of nitrogens with zero attached hydrogens (tertiary/aromatic N) is 1. The minimum Gasteiger partial charge on any atom is -0.497 e. The molecular weight excluding hydrogens is 312 g/mol. The summed E-state index contributed by atoms with van der Waals surface area (Å²) in [5.74, 6) is 0.574. The van der Waals surface area contributed by atoms with Crippen LogP contribution in [0.25, 0.3) is 0 Å². The van der Waals surface area contributed by atoms with Crippen LogP contribution in [-0.4, -0.2) is 19.6 Å². The monoisotopic (exact) mass is 334 g/mol. The van der Waals surface area contributed by atoms with Crippen LogP contribution in [0.3, 0.4) is 0 Å². The van der Waals surface area contributed by atoms with Gasteiger partial charge < -0.3 is 15.4 Å². The number of ether oxygens (including phenoxy) is 1. The average Bonchev–Trinajstić information content (AvgIpc) is 2.59. The number of amides is 1. The van der Waals surface area contributed by atoms with E-state index in [2.05, 4.69) is 0 Å². The van der Waals surface area contributed by atoms with E-state index < -0.39 is 0 Å². The molecule has 23 heavy (non-hydrogen) atoms. The molecule has 2 rings (SSSR count). The maximum Gasteiger partial charge on any atom is 0.231 e. The SMILES string of the molecule is COc1ccc(N(Cc2ccccc2)C(=O)C(C)CN)cc1.Cl. The molecule has 124 valence electrons. The van der Waals surface area contributed by atoms with E-state index in [9.17, 15) is 4.79 Å². The van der Waals surface area contributed by atoms with Crippen molar-refractivity contribution in [2.24, 2.45) is 11.7 Å². The van der Waals surface area contributed by atoms with Gasteiger partial charge in [0.1, 0.15) is 5.75 Å². The summed E-state index contributed by atoms with van der Waals surface area (Å²) < 4.78 is 5.17. The zero-order valence-corrected chi connectivity index (χ0v) is 14.3. The third kappa shape index (κ3) is 4.98. The summed E-state index contributed by atoms with van der Waals surface area (Å²) >= 11 is 0. The maximum absolute atomic E-state index is 12.6. The normalized spacial score (nSPS) is 11.3. The van der Waals surface area contributed by atoms with E-state index in [1.165, 1.54) is 0 Å². The van der Waals surface area contributed by atoms with Crippen molar-refractivity contribution in [2.75, 3.05) is 18.6 Å². The van der Waals surface area contributed by atoms with E-state index in [4.69, 9.17) is 10.5 Å². The highest BCUT2D eigenvalue weighted by Gasteiger charge is 2.21. The fraction of sp³-hybridized carbons (Fsp3) is 0.278. The molecule has 0 aliphatic rings. The summed E-state index contributed by atoms with van der Waals surface area (Å²) in [7, 11) is 1.62. The summed E-state index contributed by atoms with van der Waals surface area (Å²) in [6.45, 7) is 2.71. The molecule has 2 aromatic rings. The number of nitrogens with two attached hydrogens (primary N) is 1. The Bertz CT molecular complexity index is 602. The molecule has 1 unspecified atom stereocenters. The van der Waals surface area contributed by atoms with E-state index in [1.807, 2.05) is 61.5 Å². The molecule has 0 aromatic heterocycles. The van der Waals surface area contributed by atoms with Gasteiger partial charge in [-0.3, -0.25) is 4.79 Å². The summed E-state index contributed by atoms with van der Waals surface area (Å²) in [4.78, 5) is 14.4. The van der Waals surface area contributed by atoms with Crippen LogP contribution in [0, 0.1) is 5.92 Å². The first-order chi connectivity index (χ1) is 10.7. The predicted octanol–water partition coefficient (Wildman–Crippen LogP) is 3.25. The molecule has 5 heteroatoms. The first-order valence-electron chi connectivity index (χ1n) is 7.35.